The summed E-state index contributed by atoms with van der Waals surface area (Å²) in [6.07, 6.45) is 5.56. The van der Waals surface area contributed by atoms with E-state index in [1.807, 2.05) is 35.9 Å². The van der Waals surface area contributed by atoms with E-state index >= 15 is 0 Å². The van der Waals surface area contributed by atoms with Gasteiger partial charge in [0.1, 0.15) is 5.75 Å². The molecule has 4 rings (SSSR count). The molecule has 0 aliphatic carbocycles. The summed E-state index contributed by atoms with van der Waals surface area (Å²) in [7, 11) is 3.84. The van der Waals surface area contributed by atoms with Gasteiger partial charge in [-0.05, 0) is 45.1 Å². The molecule has 0 amide bonds. The van der Waals surface area contributed by atoms with Crippen LogP contribution in [0.25, 0.3) is 17.1 Å². The first-order valence-electron chi connectivity index (χ1n) is 10.1. The smallest absolute Gasteiger partial charge is 0.227 e. The SMILES string of the molecule is COc1cc(-c2noc(CCCN3CCN(C)CC3)n2)ccc1-n1cnc(C)c1. The van der Waals surface area contributed by atoms with Crippen LogP contribution in [-0.2, 0) is 6.42 Å². The summed E-state index contributed by atoms with van der Waals surface area (Å²) >= 11 is 0. The van der Waals surface area contributed by atoms with Crippen LogP contribution < -0.4 is 4.74 Å². The molecule has 0 unspecified atom stereocenters. The van der Waals surface area contributed by atoms with Crippen LogP contribution >= 0.6 is 0 Å². The van der Waals surface area contributed by atoms with Crippen molar-refractivity contribution in [3.8, 4) is 22.8 Å². The molecule has 8 nitrogen and oxygen atoms in total. The number of benzene rings is 1. The van der Waals surface area contributed by atoms with Crippen LogP contribution in [0.15, 0.2) is 35.2 Å². The lowest BCUT2D eigenvalue weighted by Crippen LogP contribution is -2.44. The van der Waals surface area contributed by atoms with E-state index in [0.29, 0.717) is 11.7 Å². The van der Waals surface area contributed by atoms with Gasteiger partial charge in [0.15, 0.2) is 0 Å². The van der Waals surface area contributed by atoms with Crippen LogP contribution in [0, 0.1) is 6.92 Å². The van der Waals surface area contributed by atoms with Crippen molar-refractivity contribution in [3.05, 3.63) is 42.3 Å². The summed E-state index contributed by atoms with van der Waals surface area (Å²) in [5, 5.41) is 4.16. The Balaban J connectivity index is 1.39. The minimum Gasteiger partial charge on any atom is -0.495 e. The van der Waals surface area contributed by atoms with E-state index in [2.05, 4.69) is 32.0 Å². The Bertz CT molecular complexity index is 942. The highest BCUT2D eigenvalue weighted by Gasteiger charge is 2.15. The van der Waals surface area contributed by atoms with Crippen LogP contribution in [0.1, 0.15) is 18.0 Å². The number of imidazole rings is 1. The fourth-order valence-electron chi connectivity index (χ4n) is 3.58. The fourth-order valence-corrected chi connectivity index (χ4v) is 3.58. The zero-order valence-electron chi connectivity index (χ0n) is 17.3. The molecule has 0 spiro atoms. The molecule has 1 saturated heterocycles. The monoisotopic (exact) mass is 396 g/mol. The normalized spacial score (nSPS) is 15.7. The molecule has 8 heteroatoms. The summed E-state index contributed by atoms with van der Waals surface area (Å²) in [4.78, 5) is 13.7. The molecule has 0 N–H and O–H groups in total. The molecular weight excluding hydrogens is 368 g/mol. The lowest BCUT2D eigenvalue weighted by molar-refractivity contribution is 0.152. The Morgan fingerprint density at radius 3 is 2.72 bits per heavy atom. The summed E-state index contributed by atoms with van der Waals surface area (Å²) in [6, 6.07) is 5.90. The first kappa shape index (κ1) is 19.6. The van der Waals surface area contributed by atoms with Gasteiger partial charge in [0.25, 0.3) is 0 Å². The van der Waals surface area contributed by atoms with Crippen molar-refractivity contribution in [1.82, 2.24) is 29.5 Å². The molecule has 0 atom stereocenters. The van der Waals surface area contributed by atoms with Crippen molar-refractivity contribution in [2.75, 3.05) is 46.9 Å². The summed E-state index contributed by atoms with van der Waals surface area (Å²) in [5.74, 6) is 2.01. The van der Waals surface area contributed by atoms with Gasteiger partial charge in [0, 0.05) is 44.4 Å². The highest BCUT2D eigenvalue weighted by molar-refractivity contribution is 5.62. The Kier molecular flexibility index (Phi) is 5.92. The molecule has 1 aliphatic rings. The van der Waals surface area contributed by atoms with Crippen LogP contribution in [0.2, 0.25) is 0 Å². The van der Waals surface area contributed by atoms with Crippen molar-refractivity contribution < 1.29 is 9.26 Å². The van der Waals surface area contributed by atoms with Gasteiger partial charge in [-0.15, -0.1) is 0 Å². The largest absolute Gasteiger partial charge is 0.495 e. The van der Waals surface area contributed by atoms with Crippen molar-refractivity contribution in [2.24, 2.45) is 0 Å². The van der Waals surface area contributed by atoms with E-state index < -0.39 is 0 Å². The third-order valence-corrected chi connectivity index (χ3v) is 5.36. The van der Waals surface area contributed by atoms with E-state index in [0.717, 1.165) is 68.3 Å². The average molecular weight is 396 g/mol. The quantitative estimate of drug-likeness (QED) is 0.607. The molecule has 0 saturated carbocycles. The molecule has 1 aromatic carbocycles. The predicted octanol–water partition coefficient (Wildman–Crippen LogP) is 2.42. The van der Waals surface area contributed by atoms with Gasteiger partial charge in [-0.25, -0.2) is 4.98 Å². The molecule has 0 radical (unpaired) electrons. The third-order valence-electron chi connectivity index (χ3n) is 5.36. The topological polar surface area (TPSA) is 72.5 Å². The van der Waals surface area contributed by atoms with Crippen molar-refractivity contribution in [3.63, 3.8) is 0 Å². The van der Waals surface area contributed by atoms with Crippen LogP contribution in [0.5, 0.6) is 5.75 Å². The molecule has 1 aliphatic heterocycles. The Morgan fingerprint density at radius 2 is 2.00 bits per heavy atom. The maximum atomic E-state index is 5.57. The van der Waals surface area contributed by atoms with Gasteiger partial charge in [-0.2, -0.15) is 4.98 Å². The second-order valence-corrected chi connectivity index (χ2v) is 7.57. The fraction of sp³-hybridized carbons (Fsp3) is 0.476. The number of piperazine rings is 1. The lowest BCUT2D eigenvalue weighted by Gasteiger charge is -2.32. The second kappa shape index (κ2) is 8.75. The van der Waals surface area contributed by atoms with E-state index in [-0.39, 0.29) is 0 Å². The van der Waals surface area contributed by atoms with Gasteiger partial charge in [-0.3, -0.25) is 0 Å². The van der Waals surface area contributed by atoms with Gasteiger partial charge in [0.2, 0.25) is 11.7 Å². The van der Waals surface area contributed by atoms with Crippen LogP contribution in [0.3, 0.4) is 0 Å². The predicted molar refractivity (Wildman–Crippen MR) is 110 cm³/mol. The van der Waals surface area contributed by atoms with Crippen LogP contribution in [-0.4, -0.2) is 76.4 Å². The molecular formula is C21H28N6O2. The summed E-state index contributed by atoms with van der Waals surface area (Å²) < 4.78 is 13.0. The zero-order chi connectivity index (χ0) is 20.2. The number of ether oxygens (including phenoxy) is 1. The molecule has 1 fully saturated rings. The first-order valence-corrected chi connectivity index (χ1v) is 10.1. The maximum absolute atomic E-state index is 5.57. The number of nitrogens with zero attached hydrogens (tertiary/aromatic N) is 6. The lowest BCUT2D eigenvalue weighted by atomic mass is 10.1. The Hall–Kier alpha value is -2.71. The molecule has 29 heavy (non-hydrogen) atoms. The number of hydrogen-bond acceptors (Lipinski definition) is 7. The average Bonchev–Trinajstić information content (AvgIpc) is 3.38. The van der Waals surface area contributed by atoms with E-state index in [9.17, 15) is 0 Å². The molecule has 2 aromatic heterocycles. The molecule has 3 heterocycles. The number of hydrogen-bond donors (Lipinski definition) is 0. The van der Waals surface area contributed by atoms with Gasteiger partial charge in [0.05, 0.1) is 24.8 Å². The molecule has 154 valence electrons. The Labute approximate surface area is 171 Å². The number of methoxy groups -OCH3 is 1. The van der Waals surface area contributed by atoms with Crippen molar-refractivity contribution in [2.45, 2.75) is 19.8 Å². The molecule has 0 bridgehead atoms. The summed E-state index contributed by atoms with van der Waals surface area (Å²) in [5.41, 5.74) is 2.75. The second-order valence-electron chi connectivity index (χ2n) is 7.57. The number of aromatic nitrogens is 4. The zero-order valence-corrected chi connectivity index (χ0v) is 17.3. The van der Waals surface area contributed by atoms with E-state index in [4.69, 9.17) is 9.26 Å². The maximum Gasteiger partial charge on any atom is 0.227 e. The first-order chi connectivity index (χ1) is 14.1. The van der Waals surface area contributed by atoms with E-state index in [1.54, 1.807) is 13.4 Å². The van der Waals surface area contributed by atoms with Crippen molar-refractivity contribution in [1.29, 1.82) is 0 Å². The van der Waals surface area contributed by atoms with Gasteiger partial charge in [-0.1, -0.05) is 5.16 Å². The standard InChI is InChI=1S/C21H28N6O2/c1-16-14-27(15-22-16)18-7-6-17(13-19(18)28-3)21-23-20(29-24-21)5-4-8-26-11-9-25(2)10-12-26/h6-7,13-15H,4-5,8-12H2,1-3H3. The number of rotatable bonds is 7. The minimum atomic E-state index is 0.589. The van der Waals surface area contributed by atoms with Gasteiger partial charge < -0.3 is 23.6 Å². The number of likely N-dealkylation sites (N-methyl/N-ethyl adjacent to an activating group) is 1. The Morgan fingerprint density at radius 1 is 1.17 bits per heavy atom. The van der Waals surface area contributed by atoms with E-state index in [1.165, 1.54) is 0 Å². The molecule has 3 aromatic rings. The van der Waals surface area contributed by atoms with Gasteiger partial charge >= 0.3 is 0 Å². The third kappa shape index (κ3) is 4.65. The highest BCUT2D eigenvalue weighted by atomic mass is 16.5. The number of aryl methyl sites for hydroxylation is 2. The van der Waals surface area contributed by atoms with Crippen LogP contribution in [0.4, 0.5) is 0 Å². The minimum absolute atomic E-state index is 0.589. The summed E-state index contributed by atoms with van der Waals surface area (Å²) in [6.45, 7) is 7.57. The highest BCUT2D eigenvalue weighted by Crippen LogP contribution is 2.28. The van der Waals surface area contributed by atoms with Crippen molar-refractivity contribution >= 4 is 0 Å².